The number of benzene rings is 1. The Labute approximate surface area is 173 Å². The topological polar surface area (TPSA) is 67.6 Å². The summed E-state index contributed by atoms with van der Waals surface area (Å²) in [6, 6.07) is 10.0. The van der Waals surface area contributed by atoms with Crippen LogP contribution in [0.25, 0.3) is 0 Å². The van der Waals surface area contributed by atoms with Gasteiger partial charge < -0.3 is 14.9 Å². The zero-order valence-electron chi connectivity index (χ0n) is 17.7. The zero-order valence-corrected chi connectivity index (χ0v) is 17.7. The number of anilines is 1. The van der Waals surface area contributed by atoms with E-state index in [-0.39, 0.29) is 12.2 Å². The minimum Gasteiger partial charge on any atom is -0.390 e. The van der Waals surface area contributed by atoms with Gasteiger partial charge in [-0.15, -0.1) is 0 Å². The summed E-state index contributed by atoms with van der Waals surface area (Å²) in [7, 11) is 0. The van der Waals surface area contributed by atoms with Gasteiger partial charge in [-0.2, -0.15) is 5.26 Å². The maximum atomic E-state index is 12.5. The summed E-state index contributed by atoms with van der Waals surface area (Å²) in [4.78, 5) is 16.8. The van der Waals surface area contributed by atoms with Crippen molar-refractivity contribution in [3.8, 4) is 6.07 Å². The maximum Gasteiger partial charge on any atom is 0.160 e. The molecule has 0 bridgehead atoms. The molecule has 1 aromatic carbocycles. The lowest BCUT2D eigenvalue weighted by atomic mass is 9.99. The van der Waals surface area contributed by atoms with E-state index in [0.717, 1.165) is 36.0 Å². The number of aliphatic hydroxyl groups excluding tert-OH is 1. The molecule has 2 aliphatic rings. The molecule has 1 saturated heterocycles. The van der Waals surface area contributed by atoms with Crippen molar-refractivity contribution in [3.63, 3.8) is 0 Å². The van der Waals surface area contributed by atoms with E-state index in [4.69, 9.17) is 0 Å². The highest BCUT2D eigenvalue weighted by Crippen LogP contribution is 2.30. The van der Waals surface area contributed by atoms with E-state index in [1.54, 1.807) is 13.0 Å². The number of rotatable bonds is 4. The molecule has 1 unspecified atom stereocenters. The minimum atomic E-state index is -0.549. The van der Waals surface area contributed by atoms with Crippen molar-refractivity contribution in [3.05, 3.63) is 52.7 Å². The quantitative estimate of drug-likeness (QED) is 0.849. The number of para-hydroxylation sites is 1. The SMILES string of the molecule is CC1=CC(=O)Cc2ccccc2N(CC(O)CN2CCC(C)CC2)C(C)=C1C#N. The van der Waals surface area contributed by atoms with Crippen LogP contribution in [-0.2, 0) is 11.2 Å². The van der Waals surface area contributed by atoms with Gasteiger partial charge in [-0.05, 0) is 69.0 Å². The van der Waals surface area contributed by atoms with Crippen molar-refractivity contribution < 1.29 is 9.90 Å². The Hall–Kier alpha value is -2.42. The van der Waals surface area contributed by atoms with Crippen molar-refractivity contribution in [2.75, 3.05) is 31.1 Å². The first-order valence-corrected chi connectivity index (χ1v) is 10.5. The molecule has 2 aliphatic heterocycles. The zero-order chi connectivity index (χ0) is 21.0. The lowest BCUT2D eigenvalue weighted by Crippen LogP contribution is -2.43. The summed E-state index contributed by atoms with van der Waals surface area (Å²) in [5.74, 6) is 0.740. The largest absolute Gasteiger partial charge is 0.390 e. The number of β-amino-alcohol motifs (C(OH)–C–C–N with tert-alkyl or cyclic N) is 1. The molecular weight excluding hydrogens is 362 g/mol. The van der Waals surface area contributed by atoms with E-state index in [0.29, 0.717) is 24.2 Å². The van der Waals surface area contributed by atoms with Crippen molar-refractivity contribution in [1.82, 2.24) is 4.90 Å². The first kappa shape index (κ1) is 21.3. The molecule has 5 heteroatoms. The molecule has 29 heavy (non-hydrogen) atoms. The number of aliphatic hydroxyl groups is 1. The lowest BCUT2D eigenvalue weighted by molar-refractivity contribution is -0.114. The van der Waals surface area contributed by atoms with Crippen molar-refractivity contribution in [2.45, 2.75) is 46.1 Å². The van der Waals surface area contributed by atoms with Gasteiger partial charge in [0.25, 0.3) is 0 Å². The second-order valence-electron chi connectivity index (χ2n) is 8.42. The highest BCUT2D eigenvalue weighted by atomic mass is 16.3. The number of carbonyl (C=O) groups is 1. The Morgan fingerprint density at radius 2 is 1.90 bits per heavy atom. The van der Waals surface area contributed by atoms with Crippen LogP contribution in [0.15, 0.2) is 47.2 Å². The number of carbonyl (C=O) groups excluding carboxylic acids is 1. The number of fused-ring (bicyclic) bond motifs is 1. The Bertz CT molecular complexity index is 857. The van der Waals surface area contributed by atoms with Gasteiger partial charge in [0.2, 0.25) is 0 Å². The monoisotopic (exact) mass is 393 g/mol. The fraction of sp³-hybridized carbons (Fsp3) is 0.500. The molecule has 0 radical (unpaired) electrons. The van der Waals surface area contributed by atoms with Crippen LogP contribution in [0.5, 0.6) is 0 Å². The number of nitriles is 1. The Morgan fingerprint density at radius 1 is 1.21 bits per heavy atom. The molecule has 0 amide bonds. The minimum absolute atomic E-state index is 0.0136. The van der Waals surface area contributed by atoms with Gasteiger partial charge >= 0.3 is 0 Å². The molecule has 1 aromatic rings. The average molecular weight is 394 g/mol. The maximum absolute atomic E-state index is 12.5. The first-order chi connectivity index (χ1) is 13.9. The number of allylic oxidation sites excluding steroid dienone is 4. The number of hydrogen-bond donors (Lipinski definition) is 1. The molecule has 1 atom stereocenters. The summed E-state index contributed by atoms with van der Waals surface area (Å²) in [5, 5.41) is 20.7. The smallest absolute Gasteiger partial charge is 0.160 e. The van der Waals surface area contributed by atoms with Crippen LogP contribution in [0.3, 0.4) is 0 Å². The van der Waals surface area contributed by atoms with Crippen LogP contribution < -0.4 is 4.90 Å². The molecule has 154 valence electrons. The predicted molar refractivity (Wildman–Crippen MR) is 115 cm³/mol. The summed E-state index contributed by atoms with van der Waals surface area (Å²) < 4.78 is 0. The van der Waals surface area contributed by atoms with Gasteiger partial charge in [-0.1, -0.05) is 25.1 Å². The van der Waals surface area contributed by atoms with Crippen LogP contribution in [0.4, 0.5) is 5.69 Å². The third-order valence-corrected chi connectivity index (χ3v) is 6.04. The molecule has 2 heterocycles. The number of nitrogens with zero attached hydrogens (tertiary/aromatic N) is 3. The summed E-state index contributed by atoms with van der Waals surface area (Å²) in [6.45, 7) is 9.03. The normalized spacial score (nSPS) is 20.3. The summed E-state index contributed by atoms with van der Waals surface area (Å²) in [5.41, 5.74) is 3.75. The van der Waals surface area contributed by atoms with E-state index in [9.17, 15) is 15.2 Å². The Kier molecular flexibility index (Phi) is 6.89. The van der Waals surface area contributed by atoms with Crippen molar-refractivity contribution >= 4 is 11.5 Å². The van der Waals surface area contributed by atoms with Gasteiger partial charge in [-0.25, -0.2) is 0 Å². The molecule has 5 nitrogen and oxygen atoms in total. The van der Waals surface area contributed by atoms with Crippen LogP contribution >= 0.6 is 0 Å². The fourth-order valence-corrected chi connectivity index (χ4v) is 4.29. The standard InChI is InChI=1S/C24H31N3O2/c1-17-8-10-26(11-9-17)15-22(29)16-27-19(3)23(14-25)18(2)12-21(28)13-20-6-4-5-7-24(20)27/h4-7,12,17,22,29H,8-11,13,15-16H2,1-3H3. The van der Waals surface area contributed by atoms with Crippen molar-refractivity contribution in [2.24, 2.45) is 5.92 Å². The summed E-state index contributed by atoms with van der Waals surface area (Å²) >= 11 is 0. The number of likely N-dealkylation sites (tertiary alicyclic amines) is 1. The van der Waals surface area contributed by atoms with E-state index >= 15 is 0 Å². The molecule has 0 saturated carbocycles. The highest BCUT2D eigenvalue weighted by Gasteiger charge is 2.24. The van der Waals surface area contributed by atoms with Gasteiger partial charge in [0.05, 0.1) is 18.2 Å². The van der Waals surface area contributed by atoms with Gasteiger partial charge in [0.15, 0.2) is 5.78 Å². The average Bonchev–Trinajstić information content (AvgIpc) is 2.71. The number of hydrogen-bond acceptors (Lipinski definition) is 5. The molecule has 0 aromatic heterocycles. The molecule has 1 N–H and O–H groups in total. The summed E-state index contributed by atoms with van der Waals surface area (Å²) in [6.07, 6.45) is 3.64. The second kappa shape index (κ2) is 9.39. The van der Waals surface area contributed by atoms with Gasteiger partial charge in [-0.3, -0.25) is 4.79 Å². The number of ketones is 1. The Morgan fingerprint density at radius 3 is 2.59 bits per heavy atom. The Balaban J connectivity index is 1.91. The van der Waals surface area contributed by atoms with Gasteiger partial charge in [0, 0.05) is 24.4 Å². The van der Waals surface area contributed by atoms with E-state index < -0.39 is 6.10 Å². The fourth-order valence-electron chi connectivity index (χ4n) is 4.29. The van der Waals surface area contributed by atoms with Crippen LogP contribution in [0.1, 0.15) is 39.2 Å². The molecule has 3 rings (SSSR count). The molecule has 0 spiro atoms. The third-order valence-electron chi connectivity index (χ3n) is 6.04. The van der Waals surface area contributed by atoms with Gasteiger partial charge in [0.1, 0.15) is 6.07 Å². The van der Waals surface area contributed by atoms with E-state index in [1.807, 2.05) is 36.1 Å². The highest BCUT2D eigenvalue weighted by molar-refractivity contribution is 5.94. The predicted octanol–water partition coefficient (Wildman–Crippen LogP) is 3.45. The van der Waals surface area contributed by atoms with Crippen LogP contribution in [0, 0.1) is 17.2 Å². The van der Waals surface area contributed by atoms with Crippen LogP contribution in [-0.4, -0.2) is 48.1 Å². The number of piperidine rings is 1. The lowest BCUT2D eigenvalue weighted by Gasteiger charge is -2.34. The van der Waals surface area contributed by atoms with Crippen molar-refractivity contribution in [1.29, 1.82) is 5.26 Å². The second-order valence-corrected chi connectivity index (χ2v) is 8.42. The first-order valence-electron chi connectivity index (χ1n) is 10.5. The third kappa shape index (κ3) is 5.14. The van der Waals surface area contributed by atoms with E-state index in [1.165, 1.54) is 12.8 Å². The molecular formula is C24H31N3O2. The van der Waals surface area contributed by atoms with Crippen LogP contribution in [0.2, 0.25) is 0 Å². The molecule has 1 fully saturated rings. The van der Waals surface area contributed by atoms with E-state index in [2.05, 4.69) is 17.9 Å². The molecule has 0 aliphatic carbocycles.